The minimum Gasteiger partial charge on any atom is -0.396 e. The standard InChI is InChI=1S/C13H28N2O/c1-11(6-5-9-16)14-12-7-4-8-13(10-12)15(2)3/h11-14,16H,4-10H2,1-3H3. The van der Waals surface area contributed by atoms with Crippen LogP contribution in [0.1, 0.15) is 45.4 Å². The second-order valence-electron chi connectivity index (χ2n) is 5.41. The first kappa shape index (κ1) is 13.9. The van der Waals surface area contributed by atoms with Crippen molar-refractivity contribution in [3.63, 3.8) is 0 Å². The Labute approximate surface area is 100 Å². The van der Waals surface area contributed by atoms with Crippen LogP contribution in [0.4, 0.5) is 0 Å². The third-order valence-electron chi connectivity index (χ3n) is 3.69. The zero-order valence-corrected chi connectivity index (χ0v) is 11.1. The number of aliphatic hydroxyl groups is 1. The summed E-state index contributed by atoms with van der Waals surface area (Å²) in [5.74, 6) is 0. The number of nitrogens with one attached hydrogen (secondary N) is 1. The predicted octanol–water partition coefficient (Wildman–Crippen LogP) is 1.61. The third kappa shape index (κ3) is 4.81. The second-order valence-corrected chi connectivity index (χ2v) is 5.41. The lowest BCUT2D eigenvalue weighted by molar-refractivity contribution is 0.189. The van der Waals surface area contributed by atoms with Crippen molar-refractivity contribution in [1.29, 1.82) is 0 Å². The first-order valence-electron chi connectivity index (χ1n) is 6.66. The molecule has 1 aliphatic rings. The van der Waals surface area contributed by atoms with E-state index in [0.717, 1.165) is 18.9 Å². The van der Waals surface area contributed by atoms with Gasteiger partial charge in [-0.05, 0) is 53.1 Å². The maximum atomic E-state index is 8.80. The first-order valence-corrected chi connectivity index (χ1v) is 6.66. The fraction of sp³-hybridized carbons (Fsp3) is 1.00. The number of rotatable bonds is 6. The van der Waals surface area contributed by atoms with Gasteiger partial charge in [-0.3, -0.25) is 0 Å². The lowest BCUT2D eigenvalue weighted by Crippen LogP contribution is -2.44. The summed E-state index contributed by atoms with van der Waals surface area (Å²) in [4.78, 5) is 2.35. The molecule has 0 radical (unpaired) electrons. The molecule has 3 atom stereocenters. The summed E-state index contributed by atoms with van der Waals surface area (Å²) in [5.41, 5.74) is 0. The van der Waals surface area contributed by atoms with Gasteiger partial charge >= 0.3 is 0 Å². The van der Waals surface area contributed by atoms with Crippen LogP contribution in [-0.2, 0) is 0 Å². The molecule has 0 aromatic rings. The molecule has 1 aliphatic carbocycles. The summed E-state index contributed by atoms with van der Waals surface area (Å²) in [5, 5.41) is 12.5. The van der Waals surface area contributed by atoms with Crippen molar-refractivity contribution in [2.75, 3.05) is 20.7 Å². The van der Waals surface area contributed by atoms with Crippen LogP contribution >= 0.6 is 0 Å². The summed E-state index contributed by atoms with van der Waals surface area (Å²) in [6.07, 6.45) is 7.27. The molecule has 96 valence electrons. The zero-order valence-electron chi connectivity index (χ0n) is 11.1. The summed E-state index contributed by atoms with van der Waals surface area (Å²) in [6.45, 7) is 2.55. The van der Waals surface area contributed by atoms with E-state index in [4.69, 9.17) is 5.11 Å². The molecule has 0 aromatic carbocycles. The van der Waals surface area contributed by atoms with E-state index in [-0.39, 0.29) is 0 Å². The lowest BCUT2D eigenvalue weighted by atomic mass is 9.89. The molecule has 0 aromatic heterocycles. The van der Waals surface area contributed by atoms with Gasteiger partial charge in [-0.2, -0.15) is 0 Å². The highest BCUT2D eigenvalue weighted by Gasteiger charge is 2.23. The molecule has 1 saturated carbocycles. The second kappa shape index (κ2) is 7.25. The van der Waals surface area contributed by atoms with Gasteiger partial charge in [0, 0.05) is 24.7 Å². The highest BCUT2D eigenvalue weighted by Crippen LogP contribution is 2.22. The van der Waals surface area contributed by atoms with Crippen molar-refractivity contribution in [2.24, 2.45) is 0 Å². The van der Waals surface area contributed by atoms with E-state index >= 15 is 0 Å². The Morgan fingerprint density at radius 2 is 2.12 bits per heavy atom. The molecule has 0 saturated heterocycles. The highest BCUT2D eigenvalue weighted by molar-refractivity contribution is 4.83. The molecular weight excluding hydrogens is 200 g/mol. The molecule has 0 spiro atoms. The van der Waals surface area contributed by atoms with Crippen LogP contribution in [0.2, 0.25) is 0 Å². The van der Waals surface area contributed by atoms with E-state index in [1.54, 1.807) is 0 Å². The zero-order chi connectivity index (χ0) is 12.0. The quantitative estimate of drug-likeness (QED) is 0.725. The molecule has 3 heteroatoms. The van der Waals surface area contributed by atoms with E-state index in [9.17, 15) is 0 Å². The van der Waals surface area contributed by atoms with Gasteiger partial charge in [0.15, 0.2) is 0 Å². The summed E-state index contributed by atoms with van der Waals surface area (Å²) < 4.78 is 0. The van der Waals surface area contributed by atoms with E-state index in [2.05, 4.69) is 31.2 Å². The Hall–Kier alpha value is -0.120. The molecular formula is C13H28N2O. The normalized spacial score (nSPS) is 28.3. The van der Waals surface area contributed by atoms with Gasteiger partial charge in [-0.15, -0.1) is 0 Å². The van der Waals surface area contributed by atoms with Crippen LogP contribution in [0.5, 0.6) is 0 Å². The summed E-state index contributed by atoms with van der Waals surface area (Å²) in [6, 6.07) is 1.96. The van der Waals surface area contributed by atoms with Gasteiger partial charge in [0.25, 0.3) is 0 Å². The molecule has 2 N–H and O–H groups in total. The van der Waals surface area contributed by atoms with Gasteiger partial charge in [0.1, 0.15) is 0 Å². The van der Waals surface area contributed by atoms with Crippen LogP contribution < -0.4 is 5.32 Å². The maximum Gasteiger partial charge on any atom is 0.0431 e. The minimum absolute atomic E-state index is 0.316. The molecule has 1 fully saturated rings. The molecule has 3 nitrogen and oxygen atoms in total. The van der Waals surface area contributed by atoms with Crippen molar-refractivity contribution in [2.45, 2.75) is 63.6 Å². The van der Waals surface area contributed by atoms with Gasteiger partial charge in [-0.1, -0.05) is 6.42 Å². The van der Waals surface area contributed by atoms with Crippen molar-refractivity contribution >= 4 is 0 Å². The number of nitrogens with zero attached hydrogens (tertiary/aromatic N) is 1. The third-order valence-corrected chi connectivity index (χ3v) is 3.69. The molecule has 0 heterocycles. The Balaban J connectivity index is 2.25. The minimum atomic E-state index is 0.316. The Morgan fingerprint density at radius 3 is 2.75 bits per heavy atom. The summed E-state index contributed by atoms with van der Waals surface area (Å²) in [7, 11) is 4.37. The fourth-order valence-electron chi connectivity index (χ4n) is 2.67. The topological polar surface area (TPSA) is 35.5 Å². The highest BCUT2D eigenvalue weighted by atomic mass is 16.2. The van der Waals surface area contributed by atoms with E-state index < -0.39 is 0 Å². The Bertz CT molecular complexity index is 185. The van der Waals surface area contributed by atoms with Crippen LogP contribution in [0.25, 0.3) is 0 Å². The van der Waals surface area contributed by atoms with Crippen LogP contribution in [-0.4, -0.2) is 48.8 Å². The van der Waals surface area contributed by atoms with Gasteiger partial charge in [0.05, 0.1) is 0 Å². The van der Waals surface area contributed by atoms with Crippen molar-refractivity contribution < 1.29 is 5.11 Å². The van der Waals surface area contributed by atoms with Gasteiger partial charge in [0.2, 0.25) is 0 Å². The number of aliphatic hydroxyl groups excluding tert-OH is 1. The Kier molecular flexibility index (Phi) is 6.32. The first-order chi connectivity index (χ1) is 7.63. The fourth-order valence-corrected chi connectivity index (χ4v) is 2.67. The van der Waals surface area contributed by atoms with E-state index in [1.807, 2.05) is 0 Å². The van der Waals surface area contributed by atoms with Crippen molar-refractivity contribution in [3.05, 3.63) is 0 Å². The molecule has 3 unspecified atom stereocenters. The average molecular weight is 228 g/mol. The molecule has 0 aliphatic heterocycles. The van der Waals surface area contributed by atoms with Crippen LogP contribution in [0.15, 0.2) is 0 Å². The van der Waals surface area contributed by atoms with E-state index in [1.165, 1.54) is 25.7 Å². The maximum absolute atomic E-state index is 8.80. The van der Waals surface area contributed by atoms with Crippen molar-refractivity contribution in [1.82, 2.24) is 10.2 Å². The number of hydrogen-bond donors (Lipinski definition) is 2. The van der Waals surface area contributed by atoms with Gasteiger partial charge in [-0.25, -0.2) is 0 Å². The molecule has 0 bridgehead atoms. The molecule has 1 rings (SSSR count). The predicted molar refractivity (Wildman–Crippen MR) is 68.6 cm³/mol. The lowest BCUT2D eigenvalue weighted by Gasteiger charge is -2.35. The smallest absolute Gasteiger partial charge is 0.0431 e. The number of hydrogen-bond acceptors (Lipinski definition) is 3. The summed E-state index contributed by atoms with van der Waals surface area (Å²) >= 11 is 0. The van der Waals surface area contributed by atoms with Gasteiger partial charge < -0.3 is 15.3 Å². The largest absolute Gasteiger partial charge is 0.396 e. The monoisotopic (exact) mass is 228 g/mol. The van der Waals surface area contributed by atoms with Crippen molar-refractivity contribution in [3.8, 4) is 0 Å². The SMILES string of the molecule is CC(CCCO)NC1CCCC(N(C)C)C1. The average Bonchev–Trinajstić information content (AvgIpc) is 2.26. The van der Waals surface area contributed by atoms with Crippen LogP contribution in [0, 0.1) is 0 Å². The molecule has 0 amide bonds. The van der Waals surface area contributed by atoms with Crippen LogP contribution in [0.3, 0.4) is 0 Å². The van der Waals surface area contributed by atoms with E-state index in [0.29, 0.717) is 18.7 Å². The Morgan fingerprint density at radius 1 is 1.38 bits per heavy atom. The molecule has 16 heavy (non-hydrogen) atoms.